The Labute approximate surface area is 137 Å². The molecular weight excluding hydrogens is 322 g/mol. The molecule has 0 aliphatic heterocycles. The van der Waals surface area contributed by atoms with Crippen LogP contribution in [0.4, 0.5) is 0 Å². The summed E-state index contributed by atoms with van der Waals surface area (Å²) < 4.78 is 0. The molecule has 2 aromatic rings. The molecule has 0 aliphatic rings. The highest BCUT2D eigenvalue weighted by Gasteiger charge is 2.17. The van der Waals surface area contributed by atoms with Crippen LogP contribution in [0.5, 0.6) is 0 Å². The number of halogens is 1. The number of nitrogens with one attached hydrogen (secondary N) is 1. The molecule has 1 amide bonds. The van der Waals surface area contributed by atoms with Gasteiger partial charge in [0.2, 0.25) is 0 Å². The predicted octanol–water partition coefficient (Wildman–Crippen LogP) is 3.97. The van der Waals surface area contributed by atoms with Gasteiger partial charge >= 0.3 is 5.97 Å². The molecule has 0 fully saturated rings. The van der Waals surface area contributed by atoms with Crippen molar-refractivity contribution in [1.82, 2.24) is 5.32 Å². The number of hydrogen-bond donors (Lipinski definition) is 2. The molecule has 2 N–H and O–H groups in total. The third-order valence-corrected chi connectivity index (χ3v) is 4.61. The van der Waals surface area contributed by atoms with E-state index in [9.17, 15) is 9.59 Å². The molecule has 22 heavy (non-hydrogen) atoms. The van der Waals surface area contributed by atoms with Gasteiger partial charge < -0.3 is 10.4 Å². The quantitative estimate of drug-likeness (QED) is 0.867. The van der Waals surface area contributed by atoms with Gasteiger partial charge in [-0.2, -0.15) is 0 Å². The molecule has 0 spiro atoms. The lowest BCUT2D eigenvalue weighted by Gasteiger charge is -2.10. The fourth-order valence-corrected chi connectivity index (χ4v) is 3.38. The highest BCUT2D eigenvalue weighted by atomic mass is 35.5. The first-order valence-corrected chi connectivity index (χ1v) is 7.95. The van der Waals surface area contributed by atoms with Crippen molar-refractivity contribution in [2.24, 2.45) is 0 Å². The zero-order chi connectivity index (χ0) is 16.3. The molecule has 0 saturated carbocycles. The number of rotatable bonds is 5. The number of aliphatic carboxylic acids is 1. The number of carboxylic acid groups (broad SMARTS) is 1. The fraction of sp³-hybridized carbons (Fsp3) is 0.250. The van der Waals surface area contributed by atoms with Crippen LogP contribution in [0.2, 0.25) is 5.02 Å². The molecule has 1 atom stereocenters. The number of thiophene rings is 1. The Hall–Kier alpha value is -1.85. The van der Waals surface area contributed by atoms with Crippen LogP contribution in [0.25, 0.3) is 10.4 Å². The van der Waals surface area contributed by atoms with Crippen molar-refractivity contribution < 1.29 is 14.7 Å². The van der Waals surface area contributed by atoms with Gasteiger partial charge in [-0.05, 0) is 43.2 Å². The van der Waals surface area contributed by atoms with E-state index in [1.165, 1.54) is 11.3 Å². The number of aryl methyl sites for hydroxylation is 1. The maximum Gasteiger partial charge on any atom is 0.305 e. The number of carbonyl (C=O) groups excluding carboxylic acids is 1. The SMILES string of the molecule is Cc1cc(C(=O)NC(C)CC(=O)O)sc1-c1cccc(Cl)c1. The minimum Gasteiger partial charge on any atom is -0.481 e. The summed E-state index contributed by atoms with van der Waals surface area (Å²) in [7, 11) is 0. The van der Waals surface area contributed by atoms with Crippen molar-refractivity contribution in [2.75, 3.05) is 0 Å². The van der Waals surface area contributed by atoms with Crippen LogP contribution in [0.1, 0.15) is 28.6 Å². The largest absolute Gasteiger partial charge is 0.481 e. The molecule has 116 valence electrons. The van der Waals surface area contributed by atoms with E-state index in [2.05, 4.69) is 5.32 Å². The monoisotopic (exact) mass is 337 g/mol. The predicted molar refractivity (Wildman–Crippen MR) is 88.7 cm³/mol. The molecule has 2 rings (SSSR count). The van der Waals surface area contributed by atoms with Crippen molar-refractivity contribution >= 4 is 34.8 Å². The zero-order valence-corrected chi connectivity index (χ0v) is 13.8. The van der Waals surface area contributed by atoms with Crippen LogP contribution in [0.3, 0.4) is 0 Å². The van der Waals surface area contributed by atoms with Gasteiger partial charge in [0.25, 0.3) is 5.91 Å². The summed E-state index contributed by atoms with van der Waals surface area (Å²) in [6, 6.07) is 8.86. The number of carbonyl (C=O) groups is 2. The number of benzene rings is 1. The van der Waals surface area contributed by atoms with Gasteiger partial charge in [0.1, 0.15) is 0 Å². The Balaban J connectivity index is 2.19. The highest BCUT2D eigenvalue weighted by molar-refractivity contribution is 7.17. The minimum absolute atomic E-state index is 0.1000. The third-order valence-electron chi connectivity index (χ3n) is 3.09. The van der Waals surface area contributed by atoms with Crippen LogP contribution in [-0.4, -0.2) is 23.0 Å². The molecule has 6 heteroatoms. The Morgan fingerprint density at radius 3 is 2.73 bits per heavy atom. The van der Waals surface area contributed by atoms with Gasteiger partial charge in [0.15, 0.2) is 0 Å². The molecule has 1 aromatic heterocycles. The van der Waals surface area contributed by atoms with E-state index in [1.54, 1.807) is 13.0 Å². The average Bonchev–Trinajstić information content (AvgIpc) is 2.80. The van der Waals surface area contributed by atoms with Gasteiger partial charge in [-0.25, -0.2) is 0 Å². The summed E-state index contributed by atoms with van der Waals surface area (Å²) in [6.07, 6.45) is -0.1000. The molecule has 0 aliphatic carbocycles. The van der Waals surface area contributed by atoms with Crippen LogP contribution in [0.15, 0.2) is 30.3 Å². The van der Waals surface area contributed by atoms with Crippen molar-refractivity contribution in [3.8, 4) is 10.4 Å². The second kappa shape index (κ2) is 6.94. The van der Waals surface area contributed by atoms with E-state index in [0.29, 0.717) is 9.90 Å². The van der Waals surface area contributed by atoms with Crippen molar-refractivity contribution in [3.63, 3.8) is 0 Å². The topological polar surface area (TPSA) is 66.4 Å². The van der Waals surface area contributed by atoms with Gasteiger partial charge in [-0.1, -0.05) is 23.7 Å². The minimum atomic E-state index is -0.935. The molecular formula is C16H16ClNO3S. The summed E-state index contributed by atoms with van der Waals surface area (Å²) >= 11 is 7.38. The lowest BCUT2D eigenvalue weighted by Crippen LogP contribution is -2.33. The molecule has 0 bridgehead atoms. The van der Waals surface area contributed by atoms with E-state index >= 15 is 0 Å². The van der Waals surface area contributed by atoms with Gasteiger partial charge in [0, 0.05) is 15.9 Å². The van der Waals surface area contributed by atoms with E-state index in [0.717, 1.165) is 16.0 Å². The maximum absolute atomic E-state index is 12.2. The second-order valence-corrected chi connectivity index (χ2v) is 6.59. The number of amides is 1. The fourth-order valence-electron chi connectivity index (χ4n) is 2.12. The summed E-state index contributed by atoms with van der Waals surface area (Å²) in [5, 5.41) is 12.1. The first kappa shape index (κ1) is 16.5. The van der Waals surface area contributed by atoms with Crippen LogP contribution >= 0.6 is 22.9 Å². The lowest BCUT2D eigenvalue weighted by molar-refractivity contribution is -0.137. The smallest absolute Gasteiger partial charge is 0.305 e. The first-order valence-electron chi connectivity index (χ1n) is 6.76. The van der Waals surface area contributed by atoms with Crippen LogP contribution < -0.4 is 5.32 Å². The Kier molecular flexibility index (Phi) is 5.21. The molecule has 1 aromatic carbocycles. The van der Waals surface area contributed by atoms with E-state index in [1.807, 2.05) is 31.2 Å². The summed E-state index contributed by atoms with van der Waals surface area (Å²) in [4.78, 5) is 24.4. The standard InChI is InChI=1S/C16H16ClNO3S/c1-9-6-13(16(21)18-10(2)7-14(19)20)22-15(9)11-4-3-5-12(17)8-11/h3-6,8,10H,7H2,1-2H3,(H,18,21)(H,19,20). The lowest BCUT2D eigenvalue weighted by atomic mass is 10.1. The van der Waals surface area contributed by atoms with Crippen LogP contribution in [0, 0.1) is 6.92 Å². The zero-order valence-electron chi connectivity index (χ0n) is 12.2. The molecule has 0 saturated heterocycles. The summed E-state index contributed by atoms with van der Waals surface area (Å²) in [5.41, 5.74) is 1.95. The maximum atomic E-state index is 12.2. The molecule has 1 unspecified atom stereocenters. The number of hydrogen-bond acceptors (Lipinski definition) is 3. The normalized spacial score (nSPS) is 12.0. The summed E-state index contributed by atoms with van der Waals surface area (Å²) in [5.74, 6) is -1.19. The Morgan fingerprint density at radius 1 is 1.36 bits per heavy atom. The van der Waals surface area contributed by atoms with Crippen molar-refractivity contribution in [3.05, 3.63) is 45.8 Å². The van der Waals surface area contributed by atoms with E-state index in [4.69, 9.17) is 16.7 Å². The number of carboxylic acids is 1. The molecule has 4 nitrogen and oxygen atoms in total. The van der Waals surface area contributed by atoms with E-state index < -0.39 is 12.0 Å². The Bertz CT molecular complexity index is 711. The summed E-state index contributed by atoms with van der Waals surface area (Å²) in [6.45, 7) is 3.61. The van der Waals surface area contributed by atoms with Gasteiger partial charge in [-0.3, -0.25) is 9.59 Å². The third kappa shape index (κ3) is 4.08. The highest BCUT2D eigenvalue weighted by Crippen LogP contribution is 2.33. The van der Waals surface area contributed by atoms with Crippen molar-refractivity contribution in [1.29, 1.82) is 0 Å². The second-order valence-electron chi connectivity index (χ2n) is 5.11. The average molecular weight is 338 g/mol. The van der Waals surface area contributed by atoms with Gasteiger partial charge in [0.05, 0.1) is 11.3 Å². The van der Waals surface area contributed by atoms with Crippen LogP contribution in [-0.2, 0) is 4.79 Å². The van der Waals surface area contributed by atoms with Crippen molar-refractivity contribution in [2.45, 2.75) is 26.3 Å². The van der Waals surface area contributed by atoms with Gasteiger partial charge in [-0.15, -0.1) is 11.3 Å². The first-order chi connectivity index (χ1) is 10.4. The van der Waals surface area contributed by atoms with E-state index in [-0.39, 0.29) is 12.3 Å². The Morgan fingerprint density at radius 2 is 2.09 bits per heavy atom. The molecule has 1 heterocycles. The molecule has 0 radical (unpaired) electrons.